The van der Waals surface area contributed by atoms with Crippen LogP contribution in [0.4, 0.5) is 4.79 Å². The van der Waals surface area contributed by atoms with Crippen LogP contribution in [0, 0.1) is 0 Å². The number of hydrogen-bond acceptors (Lipinski definition) is 8. The molecule has 1 fully saturated rings. The number of amides is 1. The summed E-state index contributed by atoms with van der Waals surface area (Å²) in [4.78, 5) is 24.6. The molecule has 0 bridgehead atoms. The number of esters is 1. The molecule has 9 nitrogen and oxygen atoms in total. The van der Waals surface area contributed by atoms with E-state index in [1.54, 1.807) is 6.08 Å². The van der Waals surface area contributed by atoms with Gasteiger partial charge in [-0.3, -0.25) is 4.79 Å². The number of carbonyl (C=O) groups excluding carboxylic acids is 2. The number of nitrogens with one attached hydrogen (secondary N) is 1. The van der Waals surface area contributed by atoms with Crippen LogP contribution in [0.15, 0.2) is 73.3 Å². The number of aliphatic hydroxyl groups is 1. The van der Waals surface area contributed by atoms with Crippen LogP contribution in [0.25, 0.3) is 0 Å². The Bertz CT molecular complexity index is 971. The standard InChI is InChI=1S/C28H35NO8/c1-3-4-11-16-34-27-24(29-28(32)35-18-22-14-9-6-10-15-22)26(36-20(2)30)25(31)23(37-27)19-33-17-21-12-7-5-8-13-21/h3,5-10,12-15,23-27,31H,1,4,11,16-19H2,2H3,(H,29,32)/t23-,24-,25-,26-,27-/m1/s1. The van der Waals surface area contributed by atoms with Crippen LogP contribution in [0.1, 0.15) is 30.9 Å². The number of ether oxygens (including phenoxy) is 5. The number of allylic oxidation sites excluding steroid dienone is 1. The lowest BCUT2D eigenvalue weighted by molar-refractivity contribution is -0.275. The summed E-state index contributed by atoms with van der Waals surface area (Å²) in [6, 6.07) is 17.7. The molecule has 37 heavy (non-hydrogen) atoms. The van der Waals surface area contributed by atoms with Crippen LogP contribution >= 0.6 is 0 Å². The second-order valence-corrected chi connectivity index (χ2v) is 8.64. The second kappa shape index (κ2) is 15.1. The van der Waals surface area contributed by atoms with Gasteiger partial charge in [-0.05, 0) is 24.0 Å². The molecule has 0 saturated carbocycles. The Morgan fingerprint density at radius 1 is 1.05 bits per heavy atom. The first-order valence-electron chi connectivity index (χ1n) is 12.3. The van der Waals surface area contributed by atoms with E-state index in [-0.39, 0.29) is 13.2 Å². The van der Waals surface area contributed by atoms with Crippen molar-refractivity contribution >= 4 is 12.1 Å². The van der Waals surface area contributed by atoms with Crippen molar-refractivity contribution in [3.63, 3.8) is 0 Å². The van der Waals surface area contributed by atoms with E-state index in [2.05, 4.69) is 11.9 Å². The van der Waals surface area contributed by atoms with Crippen LogP contribution < -0.4 is 5.32 Å². The molecule has 1 aliphatic rings. The molecule has 2 aromatic carbocycles. The molecule has 1 aliphatic heterocycles. The zero-order valence-corrected chi connectivity index (χ0v) is 21.0. The van der Waals surface area contributed by atoms with E-state index >= 15 is 0 Å². The van der Waals surface area contributed by atoms with Crippen molar-refractivity contribution in [3.05, 3.63) is 84.4 Å². The summed E-state index contributed by atoms with van der Waals surface area (Å²) in [5, 5.41) is 13.7. The summed E-state index contributed by atoms with van der Waals surface area (Å²) in [6.45, 7) is 5.61. The van der Waals surface area contributed by atoms with Gasteiger partial charge in [-0.25, -0.2) is 4.79 Å². The number of carbonyl (C=O) groups is 2. The summed E-state index contributed by atoms with van der Waals surface area (Å²) >= 11 is 0. The highest BCUT2D eigenvalue weighted by molar-refractivity contribution is 5.68. The van der Waals surface area contributed by atoms with E-state index in [0.29, 0.717) is 19.6 Å². The van der Waals surface area contributed by atoms with Gasteiger partial charge in [0.05, 0.1) is 19.8 Å². The zero-order chi connectivity index (χ0) is 26.5. The van der Waals surface area contributed by atoms with E-state index in [1.807, 2.05) is 60.7 Å². The average molecular weight is 514 g/mol. The van der Waals surface area contributed by atoms with Crippen molar-refractivity contribution in [2.45, 2.75) is 63.6 Å². The third-order valence-corrected chi connectivity index (χ3v) is 5.70. The summed E-state index contributed by atoms with van der Waals surface area (Å²) in [6.07, 6.45) is -1.91. The number of hydrogen-bond donors (Lipinski definition) is 2. The van der Waals surface area contributed by atoms with Crippen molar-refractivity contribution in [2.24, 2.45) is 0 Å². The topological polar surface area (TPSA) is 113 Å². The summed E-state index contributed by atoms with van der Waals surface area (Å²) in [7, 11) is 0. The van der Waals surface area contributed by atoms with Gasteiger partial charge < -0.3 is 34.1 Å². The van der Waals surface area contributed by atoms with Crippen molar-refractivity contribution in [1.29, 1.82) is 0 Å². The highest BCUT2D eigenvalue weighted by Crippen LogP contribution is 2.26. The molecule has 0 spiro atoms. The van der Waals surface area contributed by atoms with Crippen molar-refractivity contribution in [3.8, 4) is 0 Å². The molecule has 1 heterocycles. The highest BCUT2D eigenvalue weighted by atomic mass is 16.7. The first-order valence-corrected chi connectivity index (χ1v) is 12.3. The third-order valence-electron chi connectivity index (χ3n) is 5.70. The van der Waals surface area contributed by atoms with Gasteiger partial charge >= 0.3 is 12.1 Å². The fourth-order valence-corrected chi connectivity index (χ4v) is 3.88. The van der Waals surface area contributed by atoms with Crippen LogP contribution in [-0.2, 0) is 41.7 Å². The molecule has 2 N–H and O–H groups in total. The van der Waals surface area contributed by atoms with Crippen molar-refractivity contribution in [1.82, 2.24) is 5.32 Å². The summed E-state index contributed by atoms with van der Waals surface area (Å²) in [5.41, 5.74) is 1.77. The number of benzene rings is 2. The normalized spacial score (nSPS) is 23.1. The van der Waals surface area contributed by atoms with E-state index in [4.69, 9.17) is 23.7 Å². The van der Waals surface area contributed by atoms with E-state index in [1.165, 1.54) is 6.92 Å². The van der Waals surface area contributed by atoms with Gasteiger partial charge in [0.2, 0.25) is 0 Å². The molecule has 5 atom stereocenters. The predicted molar refractivity (Wildman–Crippen MR) is 135 cm³/mol. The van der Waals surface area contributed by atoms with Crippen LogP contribution in [-0.4, -0.2) is 61.0 Å². The monoisotopic (exact) mass is 513 g/mol. The molecule has 9 heteroatoms. The van der Waals surface area contributed by atoms with Crippen molar-refractivity contribution < 1.29 is 38.4 Å². The number of unbranched alkanes of at least 4 members (excludes halogenated alkanes) is 1. The fraction of sp³-hybridized carbons (Fsp3) is 0.429. The zero-order valence-electron chi connectivity index (χ0n) is 21.0. The lowest BCUT2D eigenvalue weighted by Crippen LogP contribution is -2.66. The van der Waals surface area contributed by atoms with Gasteiger partial charge in [-0.2, -0.15) is 0 Å². The smallest absolute Gasteiger partial charge is 0.407 e. The Kier molecular flexibility index (Phi) is 11.6. The van der Waals surface area contributed by atoms with Gasteiger partial charge in [0.15, 0.2) is 12.4 Å². The molecular formula is C28H35NO8. The molecule has 1 saturated heterocycles. The molecule has 1 amide bonds. The molecule has 0 radical (unpaired) electrons. The largest absolute Gasteiger partial charge is 0.457 e. The van der Waals surface area contributed by atoms with Gasteiger partial charge in [-0.1, -0.05) is 66.7 Å². The Morgan fingerprint density at radius 2 is 1.70 bits per heavy atom. The van der Waals surface area contributed by atoms with Crippen LogP contribution in [0.5, 0.6) is 0 Å². The Morgan fingerprint density at radius 3 is 2.32 bits per heavy atom. The number of alkyl carbamates (subject to hydrolysis) is 1. The molecule has 0 aromatic heterocycles. The number of aliphatic hydroxyl groups excluding tert-OH is 1. The second-order valence-electron chi connectivity index (χ2n) is 8.64. The maximum atomic E-state index is 12.7. The van der Waals surface area contributed by atoms with Crippen LogP contribution in [0.2, 0.25) is 0 Å². The van der Waals surface area contributed by atoms with Crippen LogP contribution in [0.3, 0.4) is 0 Å². The predicted octanol–water partition coefficient (Wildman–Crippen LogP) is 3.50. The Hall–Kier alpha value is -3.24. The lowest BCUT2D eigenvalue weighted by atomic mass is 9.96. The maximum Gasteiger partial charge on any atom is 0.407 e. The first-order chi connectivity index (χ1) is 18.0. The Balaban J connectivity index is 1.69. The van der Waals surface area contributed by atoms with E-state index < -0.39 is 42.7 Å². The summed E-state index contributed by atoms with van der Waals surface area (Å²) in [5.74, 6) is -0.621. The molecule has 3 rings (SSSR count). The molecular weight excluding hydrogens is 478 g/mol. The minimum absolute atomic E-state index is 0.0194. The van der Waals surface area contributed by atoms with Gasteiger partial charge in [-0.15, -0.1) is 6.58 Å². The van der Waals surface area contributed by atoms with E-state index in [0.717, 1.165) is 17.5 Å². The Labute approximate surface area is 217 Å². The highest BCUT2D eigenvalue weighted by Gasteiger charge is 2.49. The first kappa shape index (κ1) is 28.3. The molecule has 0 aliphatic carbocycles. The molecule has 200 valence electrons. The van der Waals surface area contributed by atoms with Gasteiger partial charge in [0, 0.05) is 6.92 Å². The van der Waals surface area contributed by atoms with Gasteiger partial charge in [0.25, 0.3) is 0 Å². The van der Waals surface area contributed by atoms with E-state index in [9.17, 15) is 14.7 Å². The fourth-order valence-electron chi connectivity index (χ4n) is 3.88. The van der Waals surface area contributed by atoms with Crippen molar-refractivity contribution in [2.75, 3.05) is 13.2 Å². The molecule has 2 aromatic rings. The SMILES string of the molecule is C=CCCCO[C@@H]1O[C@H](COCc2ccccc2)[C@@H](O)[C@H](OC(C)=O)[C@H]1NC(=O)OCc1ccccc1. The number of rotatable bonds is 13. The minimum atomic E-state index is -1.29. The quantitative estimate of drug-likeness (QED) is 0.238. The minimum Gasteiger partial charge on any atom is -0.457 e. The third kappa shape index (κ3) is 9.29. The lowest BCUT2D eigenvalue weighted by Gasteiger charge is -2.43. The van der Waals surface area contributed by atoms with Gasteiger partial charge in [0.1, 0.15) is 24.9 Å². The summed E-state index contributed by atoms with van der Waals surface area (Å²) < 4.78 is 28.5. The molecule has 0 unspecified atom stereocenters. The maximum absolute atomic E-state index is 12.7. The average Bonchev–Trinajstić information content (AvgIpc) is 2.90.